The summed E-state index contributed by atoms with van der Waals surface area (Å²) >= 11 is 0. The molecular weight excluding hydrogens is 229 g/mol. The molecule has 0 fully saturated rings. The number of pyridine rings is 1. The number of aromatic nitrogens is 1. The first-order valence-corrected chi connectivity index (χ1v) is 5.77. The Balaban J connectivity index is 1.98. The van der Waals surface area contributed by atoms with Gasteiger partial charge < -0.3 is 5.73 Å². The van der Waals surface area contributed by atoms with E-state index in [0.29, 0.717) is 18.8 Å². The molecule has 3 nitrogen and oxygen atoms in total. The molecule has 0 amide bonds. The number of hydrogen-bond acceptors (Lipinski definition) is 3. The van der Waals surface area contributed by atoms with Gasteiger partial charge in [-0.2, -0.15) is 0 Å². The third kappa shape index (κ3) is 3.53. The van der Waals surface area contributed by atoms with Gasteiger partial charge in [-0.25, -0.2) is 4.39 Å². The minimum atomic E-state index is -0.206. The zero-order valence-corrected chi connectivity index (χ0v) is 10.3. The summed E-state index contributed by atoms with van der Waals surface area (Å²) in [7, 11) is 1.97. The maximum Gasteiger partial charge on any atom is 0.123 e. The van der Waals surface area contributed by atoms with Crippen molar-refractivity contribution < 1.29 is 4.39 Å². The molecule has 0 bridgehead atoms. The van der Waals surface area contributed by atoms with Crippen molar-refractivity contribution >= 4 is 5.69 Å². The van der Waals surface area contributed by atoms with Crippen molar-refractivity contribution in [3.63, 3.8) is 0 Å². The number of benzene rings is 1. The molecule has 0 aliphatic carbocycles. The van der Waals surface area contributed by atoms with Crippen molar-refractivity contribution in [2.75, 3.05) is 12.8 Å². The van der Waals surface area contributed by atoms with Crippen molar-refractivity contribution in [1.82, 2.24) is 9.88 Å². The smallest absolute Gasteiger partial charge is 0.123 e. The van der Waals surface area contributed by atoms with Crippen LogP contribution < -0.4 is 5.73 Å². The first kappa shape index (κ1) is 12.5. The average Bonchev–Trinajstić information content (AvgIpc) is 2.28. The van der Waals surface area contributed by atoms with Crippen LogP contribution in [0.1, 0.15) is 11.3 Å². The van der Waals surface area contributed by atoms with Gasteiger partial charge >= 0.3 is 0 Å². The highest BCUT2D eigenvalue weighted by molar-refractivity contribution is 5.37. The topological polar surface area (TPSA) is 42.1 Å². The Hall–Kier alpha value is -1.94. The van der Waals surface area contributed by atoms with Crippen molar-refractivity contribution in [3.05, 3.63) is 59.7 Å². The summed E-state index contributed by atoms with van der Waals surface area (Å²) in [4.78, 5) is 6.31. The molecule has 0 radical (unpaired) electrons. The third-order valence-corrected chi connectivity index (χ3v) is 2.61. The normalized spacial score (nSPS) is 10.8. The zero-order valence-electron chi connectivity index (χ0n) is 10.3. The SMILES string of the molecule is CN(Cc1cccc(F)c1)Cc1cc(N)ccn1. The second kappa shape index (κ2) is 5.60. The fraction of sp³-hybridized carbons (Fsp3) is 0.214. The molecule has 0 aliphatic heterocycles. The summed E-state index contributed by atoms with van der Waals surface area (Å²) in [6.07, 6.45) is 1.70. The number of anilines is 1. The van der Waals surface area contributed by atoms with E-state index in [1.165, 1.54) is 6.07 Å². The van der Waals surface area contributed by atoms with E-state index < -0.39 is 0 Å². The van der Waals surface area contributed by atoms with Crippen LogP contribution in [-0.4, -0.2) is 16.9 Å². The molecule has 2 aromatic rings. The van der Waals surface area contributed by atoms with Gasteiger partial charge in [0, 0.05) is 25.0 Å². The molecule has 94 valence electrons. The second-order valence-corrected chi connectivity index (χ2v) is 4.38. The van der Waals surface area contributed by atoms with Crippen LogP contribution in [0.5, 0.6) is 0 Å². The van der Waals surface area contributed by atoms with E-state index >= 15 is 0 Å². The zero-order chi connectivity index (χ0) is 13.0. The average molecular weight is 245 g/mol. The predicted octanol–water partition coefficient (Wildman–Crippen LogP) is 2.43. The first-order valence-electron chi connectivity index (χ1n) is 5.77. The minimum absolute atomic E-state index is 0.206. The molecule has 0 saturated heterocycles. The van der Waals surface area contributed by atoms with Gasteiger partial charge in [0.1, 0.15) is 5.82 Å². The third-order valence-electron chi connectivity index (χ3n) is 2.61. The van der Waals surface area contributed by atoms with Crippen molar-refractivity contribution in [2.45, 2.75) is 13.1 Å². The number of halogens is 1. The minimum Gasteiger partial charge on any atom is -0.399 e. The summed E-state index contributed by atoms with van der Waals surface area (Å²) in [5.74, 6) is -0.206. The van der Waals surface area contributed by atoms with E-state index in [1.807, 2.05) is 19.2 Å². The molecule has 4 heteroatoms. The number of nitrogens with zero attached hydrogens (tertiary/aromatic N) is 2. The molecular formula is C14H16FN3. The standard InChI is InChI=1S/C14H16FN3/c1-18(9-11-3-2-4-12(15)7-11)10-14-8-13(16)5-6-17-14/h2-8H,9-10H2,1H3,(H2,16,17). The van der Waals surface area contributed by atoms with Crippen LogP contribution in [-0.2, 0) is 13.1 Å². The van der Waals surface area contributed by atoms with Crippen LogP contribution in [0.3, 0.4) is 0 Å². The Bertz CT molecular complexity index is 480. The second-order valence-electron chi connectivity index (χ2n) is 4.38. The quantitative estimate of drug-likeness (QED) is 0.899. The van der Waals surface area contributed by atoms with E-state index in [1.54, 1.807) is 24.4 Å². The Morgan fingerprint density at radius 3 is 2.78 bits per heavy atom. The van der Waals surface area contributed by atoms with Gasteiger partial charge in [0.25, 0.3) is 0 Å². The lowest BCUT2D eigenvalue weighted by Gasteiger charge is -2.16. The van der Waals surface area contributed by atoms with Crippen LogP contribution in [0.4, 0.5) is 10.1 Å². The van der Waals surface area contributed by atoms with Crippen LogP contribution >= 0.6 is 0 Å². The highest BCUT2D eigenvalue weighted by Gasteiger charge is 2.04. The molecule has 0 unspecified atom stereocenters. The van der Waals surface area contributed by atoms with Gasteiger partial charge in [-0.1, -0.05) is 12.1 Å². The van der Waals surface area contributed by atoms with E-state index in [0.717, 1.165) is 11.3 Å². The predicted molar refractivity (Wildman–Crippen MR) is 70.2 cm³/mol. The Morgan fingerprint density at radius 2 is 2.06 bits per heavy atom. The number of hydrogen-bond donors (Lipinski definition) is 1. The summed E-state index contributed by atoms with van der Waals surface area (Å²) in [5.41, 5.74) is 8.26. The van der Waals surface area contributed by atoms with Crippen LogP contribution in [0.25, 0.3) is 0 Å². The molecule has 2 rings (SSSR count). The molecule has 2 N–H and O–H groups in total. The Morgan fingerprint density at radius 1 is 1.22 bits per heavy atom. The van der Waals surface area contributed by atoms with Crippen LogP contribution in [0, 0.1) is 5.82 Å². The van der Waals surface area contributed by atoms with E-state index in [9.17, 15) is 4.39 Å². The highest BCUT2D eigenvalue weighted by atomic mass is 19.1. The lowest BCUT2D eigenvalue weighted by Crippen LogP contribution is -2.18. The lowest BCUT2D eigenvalue weighted by molar-refractivity contribution is 0.314. The van der Waals surface area contributed by atoms with Crippen LogP contribution in [0.15, 0.2) is 42.6 Å². The molecule has 0 atom stereocenters. The summed E-state index contributed by atoms with van der Waals surface area (Å²) in [6, 6.07) is 10.2. The highest BCUT2D eigenvalue weighted by Crippen LogP contribution is 2.10. The first-order chi connectivity index (χ1) is 8.63. The fourth-order valence-electron chi connectivity index (χ4n) is 1.86. The maximum atomic E-state index is 13.1. The number of rotatable bonds is 4. The molecule has 1 aromatic carbocycles. The molecule has 1 heterocycles. The van der Waals surface area contributed by atoms with E-state index in [4.69, 9.17) is 5.73 Å². The van der Waals surface area contributed by atoms with E-state index in [-0.39, 0.29) is 5.82 Å². The molecule has 1 aromatic heterocycles. The van der Waals surface area contributed by atoms with Crippen molar-refractivity contribution in [2.24, 2.45) is 0 Å². The van der Waals surface area contributed by atoms with Crippen molar-refractivity contribution in [3.8, 4) is 0 Å². The van der Waals surface area contributed by atoms with Crippen LogP contribution in [0.2, 0.25) is 0 Å². The van der Waals surface area contributed by atoms with Gasteiger partial charge in [-0.15, -0.1) is 0 Å². The van der Waals surface area contributed by atoms with E-state index in [2.05, 4.69) is 9.88 Å². The van der Waals surface area contributed by atoms with Gasteiger partial charge in [0.2, 0.25) is 0 Å². The molecule has 0 aliphatic rings. The van der Waals surface area contributed by atoms with Gasteiger partial charge in [-0.3, -0.25) is 9.88 Å². The monoisotopic (exact) mass is 245 g/mol. The molecule has 0 saturated carbocycles. The van der Waals surface area contributed by atoms with Crippen molar-refractivity contribution in [1.29, 1.82) is 0 Å². The summed E-state index contributed by atoms with van der Waals surface area (Å²) in [6.45, 7) is 1.36. The maximum absolute atomic E-state index is 13.1. The largest absolute Gasteiger partial charge is 0.399 e. The summed E-state index contributed by atoms with van der Waals surface area (Å²) < 4.78 is 13.1. The number of nitrogens with two attached hydrogens (primary N) is 1. The molecule has 0 spiro atoms. The molecule has 18 heavy (non-hydrogen) atoms. The fourth-order valence-corrected chi connectivity index (χ4v) is 1.86. The van der Waals surface area contributed by atoms with Gasteiger partial charge in [0.05, 0.1) is 5.69 Å². The Kier molecular flexibility index (Phi) is 3.89. The lowest BCUT2D eigenvalue weighted by atomic mass is 10.2. The summed E-state index contributed by atoms with van der Waals surface area (Å²) in [5, 5.41) is 0. The number of nitrogen functional groups attached to an aromatic ring is 1. The van der Waals surface area contributed by atoms with Gasteiger partial charge in [0.15, 0.2) is 0 Å². The Labute approximate surface area is 106 Å². The van der Waals surface area contributed by atoms with Gasteiger partial charge in [-0.05, 0) is 36.9 Å².